The number of nitrogens with one attached hydrogen (secondary N) is 1. The summed E-state index contributed by atoms with van der Waals surface area (Å²) in [6, 6.07) is 5.27. The van der Waals surface area contributed by atoms with Crippen molar-refractivity contribution in [2.24, 2.45) is 5.92 Å². The molecule has 1 rings (SSSR count). The van der Waals surface area contributed by atoms with Gasteiger partial charge in [-0.1, -0.05) is 31.5 Å². The summed E-state index contributed by atoms with van der Waals surface area (Å²) >= 11 is 11.9. The third-order valence-corrected chi connectivity index (χ3v) is 3.52. The molecular weight excluding hydrogens is 257 g/mol. The van der Waals surface area contributed by atoms with E-state index >= 15 is 0 Å². The fourth-order valence-corrected chi connectivity index (χ4v) is 1.61. The lowest BCUT2D eigenvalue weighted by atomic mass is 10.1. The molecule has 0 aliphatic carbocycles. The van der Waals surface area contributed by atoms with E-state index in [0.717, 1.165) is 5.56 Å². The molecule has 0 aliphatic rings. The van der Waals surface area contributed by atoms with Gasteiger partial charge in [-0.25, -0.2) is 0 Å². The summed E-state index contributed by atoms with van der Waals surface area (Å²) in [6.45, 7) is 6.39. The van der Waals surface area contributed by atoms with E-state index in [1.807, 2.05) is 26.8 Å². The van der Waals surface area contributed by atoms with Crippen LogP contribution in [0.4, 0.5) is 0 Å². The second-order valence-electron chi connectivity index (χ2n) is 4.43. The van der Waals surface area contributed by atoms with E-state index in [0.29, 0.717) is 23.0 Å². The molecule has 1 unspecified atom stereocenters. The normalized spacial score (nSPS) is 12.6. The molecule has 1 aromatic carbocycles. The van der Waals surface area contributed by atoms with Gasteiger partial charge >= 0.3 is 0 Å². The molecule has 0 heterocycles. The van der Waals surface area contributed by atoms with Crippen molar-refractivity contribution in [1.82, 2.24) is 5.32 Å². The van der Waals surface area contributed by atoms with Crippen LogP contribution in [0.25, 0.3) is 0 Å². The average Bonchev–Trinajstić information content (AvgIpc) is 2.28. The van der Waals surface area contributed by atoms with E-state index in [2.05, 4.69) is 5.32 Å². The molecule has 1 N–H and O–H groups in total. The van der Waals surface area contributed by atoms with Crippen LogP contribution in [-0.4, -0.2) is 17.8 Å². The molecule has 4 heteroatoms. The van der Waals surface area contributed by atoms with Gasteiger partial charge in [0.05, 0.1) is 5.38 Å². The minimum atomic E-state index is -0.128. The Morgan fingerprint density at radius 2 is 2.06 bits per heavy atom. The Morgan fingerprint density at radius 3 is 2.65 bits per heavy atom. The molecule has 0 aliphatic heterocycles. The zero-order chi connectivity index (χ0) is 13.0. The fourth-order valence-electron chi connectivity index (χ4n) is 1.36. The minimum Gasteiger partial charge on any atom is -0.351 e. The number of halogens is 2. The number of hydrogen-bond acceptors (Lipinski definition) is 1. The predicted octanol–water partition coefficient (Wildman–Crippen LogP) is 3.64. The van der Waals surface area contributed by atoms with E-state index in [4.69, 9.17) is 23.2 Å². The van der Waals surface area contributed by atoms with Crippen molar-refractivity contribution in [2.45, 2.75) is 26.1 Å². The van der Waals surface area contributed by atoms with E-state index in [1.165, 1.54) is 0 Å². The summed E-state index contributed by atoms with van der Waals surface area (Å²) in [5, 5.41) is 3.32. The van der Waals surface area contributed by atoms with Crippen molar-refractivity contribution in [2.75, 3.05) is 6.54 Å². The molecule has 0 bridgehead atoms. The third kappa shape index (κ3) is 4.21. The fraction of sp³-hybridized carbons (Fsp3) is 0.462. The first-order valence-electron chi connectivity index (χ1n) is 5.60. The highest BCUT2D eigenvalue weighted by Crippen LogP contribution is 2.15. The molecule has 0 radical (unpaired) electrons. The van der Waals surface area contributed by atoms with E-state index in [-0.39, 0.29) is 11.3 Å². The van der Waals surface area contributed by atoms with Crippen LogP contribution in [0.3, 0.4) is 0 Å². The summed E-state index contributed by atoms with van der Waals surface area (Å²) in [4.78, 5) is 11.9. The maximum Gasteiger partial charge on any atom is 0.251 e. The number of carbonyl (C=O) groups is 1. The standard InChI is InChI=1S/C13H17Cl2NO/c1-8(2)12(15)7-16-13(17)11-6-10(14)5-4-9(11)3/h4-6,8,12H,7H2,1-3H3,(H,16,17). The highest BCUT2D eigenvalue weighted by Gasteiger charge is 2.13. The topological polar surface area (TPSA) is 29.1 Å². The SMILES string of the molecule is Cc1ccc(Cl)cc1C(=O)NCC(Cl)C(C)C. The van der Waals surface area contributed by atoms with Gasteiger partial charge in [-0.3, -0.25) is 4.79 Å². The van der Waals surface area contributed by atoms with Crippen molar-refractivity contribution in [3.05, 3.63) is 34.3 Å². The molecule has 0 saturated carbocycles. The highest BCUT2D eigenvalue weighted by atomic mass is 35.5. The molecule has 1 amide bonds. The first kappa shape index (κ1) is 14.3. The van der Waals surface area contributed by atoms with Crippen LogP contribution in [0.5, 0.6) is 0 Å². The Bertz CT molecular complexity index is 404. The third-order valence-electron chi connectivity index (χ3n) is 2.63. The lowest BCUT2D eigenvalue weighted by Crippen LogP contribution is -2.32. The lowest BCUT2D eigenvalue weighted by Gasteiger charge is -2.14. The first-order chi connectivity index (χ1) is 7.91. The van der Waals surface area contributed by atoms with Crippen molar-refractivity contribution in [1.29, 1.82) is 0 Å². The van der Waals surface area contributed by atoms with Gasteiger partial charge in [-0.15, -0.1) is 11.6 Å². The number of carbonyl (C=O) groups excluding carboxylic acids is 1. The van der Waals surface area contributed by atoms with Gasteiger partial charge in [0.1, 0.15) is 0 Å². The Kier molecular flexibility index (Phi) is 5.29. The van der Waals surface area contributed by atoms with Crippen LogP contribution < -0.4 is 5.32 Å². The Balaban J connectivity index is 2.67. The number of rotatable bonds is 4. The summed E-state index contributed by atoms with van der Waals surface area (Å²) in [5.41, 5.74) is 1.51. The van der Waals surface area contributed by atoms with Crippen LogP contribution in [-0.2, 0) is 0 Å². The van der Waals surface area contributed by atoms with Crippen LogP contribution >= 0.6 is 23.2 Å². The molecule has 2 nitrogen and oxygen atoms in total. The van der Waals surface area contributed by atoms with Crippen molar-refractivity contribution in [3.8, 4) is 0 Å². The molecule has 0 spiro atoms. The van der Waals surface area contributed by atoms with Gasteiger partial charge in [0.2, 0.25) is 0 Å². The molecule has 0 aromatic heterocycles. The van der Waals surface area contributed by atoms with Gasteiger partial charge < -0.3 is 5.32 Å². The number of benzene rings is 1. The monoisotopic (exact) mass is 273 g/mol. The molecule has 17 heavy (non-hydrogen) atoms. The minimum absolute atomic E-state index is 0.0570. The van der Waals surface area contributed by atoms with Crippen LogP contribution in [0.1, 0.15) is 29.8 Å². The zero-order valence-electron chi connectivity index (χ0n) is 10.3. The van der Waals surface area contributed by atoms with Crippen molar-refractivity contribution >= 4 is 29.1 Å². The number of hydrogen-bond donors (Lipinski definition) is 1. The van der Waals surface area contributed by atoms with Crippen molar-refractivity contribution in [3.63, 3.8) is 0 Å². The Morgan fingerprint density at radius 1 is 1.41 bits per heavy atom. The maximum atomic E-state index is 11.9. The van der Waals surface area contributed by atoms with Gasteiger partial charge in [-0.2, -0.15) is 0 Å². The van der Waals surface area contributed by atoms with E-state index in [1.54, 1.807) is 12.1 Å². The highest BCUT2D eigenvalue weighted by molar-refractivity contribution is 6.31. The smallest absolute Gasteiger partial charge is 0.251 e. The second kappa shape index (κ2) is 6.27. The molecule has 0 fully saturated rings. The quantitative estimate of drug-likeness (QED) is 0.834. The van der Waals surface area contributed by atoms with Crippen LogP contribution in [0.15, 0.2) is 18.2 Å². The van der Waals surface area contributed by atoms with E-state index in [9.17, 15) is 4.79 Å². The van der Waals surface area contributed by atoms with Crippen LogP contribution in [0, 0.1) is 12.8 Å². The van der Waals surface area contributed by atoms with Gasteiger partial charge in [-0.05, 0) is 30.5 Å². The Hall–Kier alpha value is -0.730. The second-order valence-corrected chi connectivity index (χ2v) is 5.43. The molecule has 0 saturated heterocycles. The molecular formula is C13H17Cl2NO. The van der Waals surface area contributed by atoms with Crippen LogP contribution in [0.2, 0.25) is 5.02 Å². The number of alkyl halides is 1. The Labute approximate surface area is 112 Å². The number of amides is 1. The molecule has 1 aromatic rings. The van der Waals surface area contributed by atoms with Gasteiger partial charge in [0.15, 0.2) is 0 Å². The van der Waals surface area contributed by atoms with Crippen molar-refractivity contribution < 1.29 is 4.79 Å². The maximum absolute atomic E-state index is 11.9. The summed E-state index contributed by atoms with van der Waals surface area (Å²) in [6.07, 6.45) is 0. The summed E-state index contributed by atoms with van der Waals surface area (Å²) in [7, 11) is 0. The lowest BCUT2D eigenvalue weighted by molar-refractivity contribution is 0.0952. The van der Waals surface area contributed by atoms with E-state index < -0.39 is 0 Å². The number of aryl methyl sites for hydroxylation is 1. The van der Waals surface area contributed by atoms with Gasteiger partial charge in [0.25, 0.3) is 5.91 Å². The average molecular weight is 274 g/mol. The van der Waals surface area contributed by atoms with Gasteiger partial charge in [0, 0.05) is 17.1 Å². The first-order valence-corrected chi connectivity index (χ1v) is 6.41. The zero-order valence-corrected chi connectivity index (χ0v) is 11.8. The largest absolute Gasteiger partial charge is 0.351 e. The predicted molar refractivity (Wildman–Crippen MR) is 73.0 cm³/mol. The summed E-state index contributed by atoms with van der Waals surface area (Å²) in [5.74, 6) is 0.203. The summed E-state index contributed by atoms with van der Waals surface area (Å²) < 4.78 is 0. The molecule has 94 valence electrons. The molecule has 1 atom stereocenters.